The van der Waals surface area contributed by atoms with Gasteiger partial charge in [0, 0.05) is 12.6 Å². The van der Waals surface area contributed by atoms with E-state index in [4.69, 9.17) is 10.5 Å². The van der Waals surface area contributed by atoms with Crippen molar-refractivity contribution in [1.29, 1.82) is 0 Å². The van der Waals surface area contributed by atoms with Gasteiger partial charge in [-0.1, -0.05) is 0 Å². The predicted octanol–water partition coefficient (Wildman–Crippen LogP) is 2.08. The van der Waals surface area contributed by atoms with Gasteiger partial charge in [0.1, 0.15) is 5.82 Å². The van der Waals surface area contributed by atoms with Gasteiger partial charge >= 0.3 is 5.97 Å². The van der Waals surface area contributed by atoms with Gasteiger partial charge in [0.05, 0.1) is 24.6 Å². The molecule has 2 rings (SSSR count). The van der Waals surface area contributed by atoms with Crippen molar-refractivity contribution in [1.82, 2.24) is 4.98 Å². The van der Waals surface area contributed by atoms with E-state index in [2.05, 4.69) is 23.7 Å². The highest BCUT2D eigenvalue weighted by atomic mass is 16.5. The second-order valence-electron chi connectivity index (χ2n) is 5.31. The Morgan fingerprint density at radius 3 is 2.79 bits per heavy atom. The van der Waals surface area contributed by atoms with Crippen molar-refractivity contribution in [3.63, 3.8) is 0 Å². The largest absolute Gasteiger partial charge is 0.465 e. The second-order valence-corrected chi connectivity index (χ2v) is 5.31. The third kappa shape index (κ3) is 3.16. The van der Waals surface area contributed by atoms with Crippen LogP contribution in [0, 0.1) is 5.92 Å². The molecule has 1 fully saturated rings. The number of hydrogen-bond acceptors (Lipinski definition) is 5. The number of esters is 1. The molecule has 2 N–H and O–H groups in total. The van der Waals surface area contributed by atoms with Gasteiger partial charge in [0.2, 0.25) is 0 Å². The topological polar surface area (TPSA) is 68.5 Å². The summed E-state index contributed by atoms with van der Waals surface area (Å²) in [5.74, 6) is 0.690. The van der Waals surface area contributed by atoms with E-state index in [9.17, 15) is 4.79 Å². The van der Waals surface area contributed by atoms with Gasteiger partial charge in [-0.15, -0.1) is 0 Å². The third-order valence-electron chi connectivity index (χ3n) is 3.39. The van der Waals surface area contributed by atoms with Crippen molar-refractivity contribution < 1.29 is 9.53 Å². The van der Waals surface area contributed by atoms with Crippen LogP contribution in [0.25, 0.3) is 0 Å². The summed E-state index contributed by atoms with van der Waals surface area (Å²) in [6.45, 7) is 5.17. The predicted molar refractivity (Wildman–Crippen MR) is 75.2 cm³/mol. The van der Waals surface area contributed by atoms with Gasteiger partial charge in [-0.25, -0.2) is 9.78 Å². The van der Waals surface area contributed by atoms with Crippen LogP contribution in [0.15, 0.2) is 12.3 Å². The Labute approximate surface area is 113 Å². The van der Waals surface area contributed by atoms with E-state index >= 15 is 0 Å². The van der Waals surface area contributed by atoms with Crippen LogP contribution in [0.4, 0.5) is 11.5 Å². The first-order valence-corrected chi connectivity index (χ1v) is 6.63. The van der Waals surface area contributed by atoms with Crippen molar-refractivity contribution in [2.45, 2.75) is 32.7 Å². The van der Waals surface area contributed by atoms with Crippen molar-refractivity contribution >= 4 is 17.5 Å². The zero-order valence-corrected chi connectivity index (χ0v) is 11.7. The Morgan fingerprint density at radius 2 is 2.26 bits per heavy atom. The highest BCUT2D eigenvalue weighted by molar-refractivity contribution is 5.96. The van der Waals surface area contributed by atoms with E-state index in [1.165, 1.54) is 20.0 Å². The molecule has 0 saturated heterocycles. The molecule has 5 nitrogen and oxygen atoms in total. The maximum absolute atomic E-state index is 11.9. The van der Waals surface area contributed by atoms with Gasteiger partial charge in [0.25, 0.3) is 0 Å². The first-order chi connectivity index (χ1) is 9.02. The summed E-state index contributed by atoms with van der Waals surface area (Å²) in [4.78, 5) is 18.2. The SMILES string of the molecule is COC(=O)c1cc(N)ncc1N(CC1CC1)C(C)C. The number of carbonyl (C=O) groups is 1. The van der Waals surface area contributed by atoms with Crippen molar-refractivity contribution in [2.75, 3.05) is 24.3 Å². The average molecular weight is 263 g/mol. The number of ether oxygens (including phenoxy) is 1. The van der Waals surface area contributed by atoms with Crippen molar-refractivity contribution in [3.05, 3.63) is 17.8 Å². The number of aromatic nitrogens is 1. The van der Waals surface area contributed by atoms with E-state index in [1.807, 2.05) is 0 Å². The molecule has 0 atom stereocenters. The molecule has 1 aliphatic rings. The highest BCUT2D eigenvalue weighted by Crippen LogP contribution is 2.33. The monoisotopic (exact) mass is 263 g/mol. The molecule has 0 spiro atoms. The fourth-order valence-corrected chi connectivity index (χ4v) is 2.13. The van der Waals surface area contributed by atoms with Crippen molar-refractivity contribution in [2.24, 2.45) is 5.92 Å². The number of rotatable bonds is 5. The van der Waals surface area contributed by atoms with Crippen LogP contribution in [0.5, 0.6) is 0 Å². The number of hydrogen-bond donors (Lipinski definition) is 1. The number of anilines is 2. The van der Waals surface area contributed by atoms with Crippen LogP contribution < -0.4 is 10.6 Å². The molecule has 19 heavy (non-hydrogen) atoms. The molecule has 0 unspecified atom stereocenters. The molecule has 1 aromatic rings. The van der Waals surface area contributed by atoms with E-state index in [0.717, 1.165) is 18.2 Å². The van der Waals surface area contributed by atoms with Gasteiger partial charge in [0.15, 0.2) is 0 Å². The molecule has 0 aliphatic heterocycles. The quantitative estimate of drug-likeness (QED) is 0.824. The van der Waals surface area contributed by atoms with Crippen LogP contribution >= 0.6 is 0 Å². The number of nitrogen functional groups attached to an aromatic ring is 1. The van der Waals surface area contributed by atoms with Crippen LogP contribution in [-0.2, 0) is 4.74 Å². The normalized spacial score (nSPS) is 14.5. The van der Waals surface area contributed by atoms with Crippen LogP contribution in [0.1, 0.15) is 37.0 Å². The minimum absolute atomic E-state index is 0.300. The smallest absolute Gasteiger partial charge is 0.340 e. The molecule has 1 heterocycles. The maximum Gasteiger partial charge on any atom is 0.340 e. The minimum atomic E-state index is -0.370. The average Bonchev–Trinajstić information content (AvgIpc) is 3.19. The lowest BCUT2D eigenvalue weighted by molar-refractivity contribution is 0.0601. The summed E-state index contributed by atoms with van der Waals surface area (Å²) in [7, 11) is 1.38. The third-order valence-corrected chi connectivity index (χ3v) is 3.39. The number of nitrogens with two attached hydrogens (primary N) is 1. The summed E-state index contributed by atoms with van der Waals surface area (Å²) in [5, 5.41) is 0. The first kappa shape index (κ1) is 13.6. The Bertz CT molecular complexity index is 470. The molecule has 0 amide bonds. The molecule has 0 aromatic carbocycles. The van der Waals surface area contributed by atoms with E-state index < -0.39 is 0 Å². The van der Waals surface area contributed by atoms with E-state index in [0.29, 0.717) is 17.4 Å². The number of pyridine rings is 1. The number of carbonyl (C=O) groups excluding carboxylic acids is 1. The standard InChI is InChI=1S/C14H21N3O2/c1-9(2)17(8-10-4-5-10)12-7-16-13(15)6-11(12)14(18)19-3/h6-7,9-10H,4-5,8H2,1-3H3,(H2,15,16). The Hall–Kier alpha value is -1.78. The summed E-state index contributed by atoms with van der Waals surface area (Å²) in [6, 6.07) is 1.89. The molecular weight excluding hydrogens is 242 g/mol. The van der Waals surface area contributed by atoms with Crippen LogP contribution in [0.2, 0.25) is 0 Å². The van der Waals surface area contributed by atoms with E-state index in [-0.39, 0.29) is 5.97 Å². The minimum Gasteiger partial charge on any atom is -0.465 e. The Balaban J connectivity index is 2.36. The van der Waals surface area contributed by atoms with Crippen molar-refractivity contribution in [3.8, 4) is 0 Å². The van der Waals surface area contributed by atoms with E-state index in [1.54, 1.807) is 12.3 Å². The number of methoxy groups -OCH3 is 1. The van der Waals surface area contributed by atoms with Gasteiger partial charge in [-0.3, -0.25) is 0 Å². The Kier molecular flexibility index (Phi) is 3.93. The lowest BCUT2D eigenvalue weighted by Gasteiger charge is -2.30. The lowest BCUT2D eigenvalue weighted by atomic mass is 10.1. The summed E-state index contributed by atoms with van der Waals surface area (Å²) >= 11 is 0. The fourth-order valence-electron chi connectivity index (χ4n) is 2.13. The van der Waals surface area contributed by atoms with Gasteiger partial charge in [-0.2, -0.15) is 0 Å². The first-order valence-electron chi connectivity index (χ1n) is 6.63. The molecule has 1 aliphatic carbocycles. The summed E-state index contributed by atoms with van der Waals surface area (Å²) in [5.41, 5.74) is 6.97. The van der Waals surface area contributed by atoms with Gasteiger partial charge in [-0.05, 0) is 38.7 Å². The molecule has 1 aromatic heterocycles. The maximum atomic E-state index is 11.9. The molecular formula is C14H21N3O2. The van der Waals surface area contributed by atoms with Gasteiger partial charge < -0.3 is 15.4 Å². The van der Waals surface area contributed by atoms with Crippen LogP contribution in [0.3, 0.4) is 0 Å². The highest BCUT2D eigenvalue weighted by Gasteiger charge is 2.28. The summed E-state index contributed by atoms with van der Waals surface area (Å²) < 4.78 is 4.83. The molecule has 1 saturated carbocycles. The summed E-state index contributed by atoms with van der Waals surface area (Å²) in [6.07, 6.45) is 4.20. The Morgan fingerprint density at radius 1 is 1.58 bits per heavy atom. The number of nitrogens with zero attached hydrogens (tertiary/aromatic N) is 2. The zero-order chi connectivity index (χ0) is 14.0. The second kappa shape index (κ2) is 5.47. The molecule has 0 radical (unpaired) electrons. The van der Waals surface area contributed by atoms with Crippen LogP contribution in [-0.4, -0.2) is 30.6 Å². The molecule has 0 bridgehead atoms. The fraction of sp³-hybridized carbons (Fsp3) is 0.571. The zero-order valence-electron chi connectivity index (χ0n) is 11.7. The molecule has 104 valence electrons. The lowest BCUT2D eigenvalue weighted by Crippen LogP contribution is -2.34. The molecule has 5 heteroatoms.